The molecule has 2 aromatic rings. The molecular formula is C14H17NO3. The Morgan fingerprint density at radius 2 is 1.78 bits per heavy atom. The molecule has 1 aromatic carbocycles. The smallest absolute Gasteiger partial charge is 0.168 e. The number of benzene rings is 1. The number of ether oxygens (including phenoxy) is 2. The molecule has 2 N–H and O–H groups in total. The lowest BCUT2D eigenvalue weighted by atomic mass is 10.2. The number of rotatable bonds is 5. The summed E-state index contributed by atoms with van der Waals surface area (Å²) in [5.41, 5.74) is 5.71. The molecule has 0 amide bonds. The Hall–Kier alpha value is -1.94. The van der Waals surface area contributed by atoms with Gasteiger partial charge in [0.05, 0.1) is 7.11 Å². The van der Waals surface area contributed by atoms with Crippen molar-refractivity contribution in [1.82, 2.24) is 0 Å². The Balaban J connectivity index is 2.10. The Labute approximate surface area is 106 Å². The molecule has 0 bridgehead atoms. The van der Waals surface area contributed by atoms with E-state index in [0.29, 0.717) is 6.54 Å². The second-order valence-corrected chi connectivity index (χ2v) is 3.97. The first-order valence-corrected chi connectivity index (χ1v) is 5.80. The van der Waals surface area contributed by atoms with E-state index < -0.39 is 0 Å². The highest BCUT2D eigenvalue weighted by atomic mass is 16.5. The molecule has 0 saturated carbocycles. The number of furan rings is 1. The van der Waals surface area contributed by atoms with E-state index in [1.807, 2.05) is 43.3 Å². The fourth-order valence-corrected chi connectivity index (χ4v) is 1.67. The van der Waals surface area contributed by atoms with Crippen molar-refractivity contribution in [2.24, 2.45) is 5.73 Å². The van der Waals surface area contributed by atoms with Crippen LogP contribution in [0, 0.1) is 6.92 Å². The topological polar surface area (TPSA) is 57.6 Å². The molecule has 0 radical (unpaired) electrons. The molecule has 18 heavy (non-hydrogen) atoms. The molecule has 2 rings (SSSR count). The van der Waals surface area contributed by atoms with Crippen molar-refractivity contribution < 1.29 is 13.9 Å². The Bertz CT molecular complexity index is 490. The van der Waals surface area contributed by atoms with Gasteiger partial charge in [-0.25, -0.2) is 0 Å². The Kier molecular flexibility index (Phi) is 3.89. The number of nitrogens with two attached hydrogens (primary N) is 1. The standard InChI is InChI=1S/C14H17NO3/c1-10-3-8-13(17-10)14(9-15)18-12-6-4-11(16-2)5-7-12/h3-8,14H,9,15H2,1-2H3. The molecular weight excluding hydrogens is 230 g/mol. The number of hydrogen-bond donors (Lipinski definition) is 1. The summed E-state index contributed by atoms with van der Waals surface area (Å²) in [5, 5.41) is 0. The van der Waals surface area contributed by atoms with Gasteiger partial charge in [-0.05, 0) is 43.3 Å². The average Bonchev–Trinajstić information content (AvgIpc) is 2.83. The van der Waals surface area contributed by atoms with Gasteiger partial charge in [-0.2, -0.15) is 0 Å². The van der Waals surface area contributed by atoms with Crippen molar-refractivity contribution in [3.63, 3.8) is 0 Å². The van der Waals surface area contributed by atoms with Crippen LogP contribution in [0.5, 0.6) is 11.5 Å². The monoisotopic (exact) mass is 247 g/mol. The van der Waals surface area contributed by atoms with Crippen molar-refractivity contribution >= 4 is 0 Å². The summed E-state index contributed by atoms with van der Waals surface area (Å²) in [6.45, 7) is 2.25. The van der Waals surface area contributed by atoms with Gasteiger partial charge in [0.2, 0.25) is 0 Å². The summed E-state index contributed by atoms with van der Waals surface area (Å²) in [5.74, 6) is 3.12. The van der Waals surface area contributed by atoms with Crippen LogP contribution < -0.4 is 15.2 Å². The van der Waals surface area contributed by atoms with E-state index in [1.54, 1.807) is 7.11 Å². The summed E-state index contributed by atoms with van der Waals surface area (Å²) in [4.78, 5) is 0. The van der Waals surface area contributed by atoms with Crippen molar-refractivity contribution in [2.45, 2.75) is 13.0 Å². The van der Waals surface area contributed by atoms with Gasteiger partial charge in [0, 0.05) is 6.54 Å². The molecule has 4 heteroatoms. The molecule has 1 atom stereocenters. The lowest BCUT2D eigenvalue weighted by Crippen LogP contribution is -2.17. The normalized spacial score (nSPS) is 12.2. The minimum absolute atomic E-state index is 0.271. The molecule has 1 unspecified atom stereocenters. The Morgan fingerprint density at radius 3 is 2.28 bits per heavy atom. The van der Waals surface area contributed by atoms with Crippen LogP contribution in [0.2, 0.25) is 0 Å². The van der Waals surface area contributed by atoms with Crippen molar-refractivity contribution in [3.05, 3.63) is 47.9 Å². The van der Waals surface area contributed by atoms with Gasteiger partial charge in [-0.15, -0.1) is 0 Å². The lowest BCUT2D eigenvalue weighted by Gasteiger charge is -2.15. The molecule has 0 aliphatic heterocycles. The molecule has 0 saturated heterocycles. The number of methoxy groups -OCH3 is 1. The van der Waals surface area contributed by atoms with Crippen molar-refractivity contribution in [1.29, 1.82) is 0 Å². The maximum Gasteiger partial charge on any atom is 0.168 e. The predicted molar refractivity (Wildman–Crippen MR) is 68.9 cm³/mol. The number of aryl methyl sites for hydroxylation is 1. The SMILES string of the molecule is COc1ccc(OC(CN)c2ccc(C)o2)cc1. The van der Waals surface area contributed by atoms with Crippen LogP contribution in [0.4, 0.5) is 0 Å². The van der Waals surface area contributed by atoms with Crippen LogP contribution in [-0.2, 0) is 0 Å². The third-order valence-corrected chi connectivity index (χ3v) is 2.63. The fraction of sp³-hybridized carbons (Fsp3) is 0.286. The average molecular weight is 247 g/mol. The Morgan fingerprint density at radius 1 is 1.11 bits per heavy atom. The fourth-order valence-electron chi connectivity index (χ4n) is 1.67. The lowest BCUT2D eigenvalue weighted by molar-refractivity contribution is 0.182. The van der Waals surface area contributed by atoms with E-state index in [1.165, 1.54) is 0 Å². The maximum atomic E-state index is 5.79. The molecule has 0 aliphatic carbocycles. The third-order valence-electron chi connectivity index (χ3n) is 2.63. The van der Waals surface area contributed by atoms with E-state index in [-0.39, 0.29) is 6.10 Å². The minimum atomic E-state index is -0.271. The second kappa shape index (κ2) is 5.60. The molecule has 1 aromatic heterocycles. The zero-order valence-corrected chi connectivity index (χ0v) is 10.6. The van der Waals surface area contributed by atoms with E-state index >= 15 is 0 Å². The van der Waals surface area contributed by atoms with E-state index in [0.717, 1.165) is 23.0 Å². The van der Waals surface area contributed by atoms with Crippen LogP contribution in [0.25, 0.3) is 0 Å². The highest BCUT2D eigenvalue weighted by Gasteiger charge is 2.15. The first-order chi connectivity index (χ1) is 8.72. The molecule has 0 aliphatic rings. The zero-order valence-electron chi connectivity index (χ0n) is 10.6. The van der Waals surface area contributed by atoms with Gasteiger partial charge in [-0.1, -0.05) is 0 Å². The van der Waals surface area contributed by atoms with Crippen LogP contribution in [0.3, 0.4) is 0 Å². The highest BCUT2D eigenvalue weighted by Crippen LogP contribution is 2.24. The first-order valence-electron chi connectivity index (χ1n) is 5.80. The van der Waals surface area contributed by atoms with Crippen molar-refractivity contribution in [2.75, 3.05) is 13.7 Å². The van der Waals surface area contributed by atoms with Crippen LogP contribution in [-0.4, -0.2) is 13.7 Å². The highest BCUT2D eigenvalue weighted by molar-refractivity contribution is 5.31. The van der Waals surface area contributed by atoms with Crippen LogP contribution in [0.15, 0.2) is 40.8 Å². The van der Waals surface area contributed by atoms with Crippen LogP contribution in [0.1, 0.15) is 17.6 Å². The van der Waals surface area contributed by atoms with Gasteiger partial charge >= 0.3 is 0 Å². The summed E-state index contributed by atoms with van der Waals surface area (Å²) in [7, 11) is 1.63. The molecule has 4 nitrogen and oxygen atoms in total. The largest absolute Gasteiger partial charge is 0.497 e. The molecule has 0 fully saturated rings. The van der Waals surface area contributed by atoms with E-state index in [9.17, 15) is 0 Å². The third kappa shape index (κ3) is 2.84. The summed E-state index contributed by atoms with van der Waals surface area (Å²) in [6.07, 6.45) is -0.271. The maximum absolute atomic E-state index is 5.79. The minimum Gasteiger partial charge on any atom is -0.497 e. The summed E-state index contributed by atoms with van der Waals surface area (Å²) < 4.78 is 16.4. The number of hydrogen-bond acceptors (Lipinski definition) is 4. The van der Waals surface area contributed by atoms with Gasteiger partial charge in [0.15, 0.2) is 6.10 Å². The predicted octanol–water partition coefficient (Wildman–Crippen LogP) is 2.68. The van der Waals surface area contributed by atoms with E-state index in [2.05, 4.69) is 0 Å². The van der Waals surface area contributed by atoms with Crippen LogP contribution >= 0.6 is 0 Å². The molecule has 1 heterocycles. The van der Waals surface area contributed by atoms with Gasteiger partial charge in [0.25, 0.3) is 0 Å². The molecule has 0 spiro atoms. The van der Waals surface area contributed by atoms with Gasteiger partial charge in [0.1, 0.15) is 23.0 Å². The van der Waals surface area contributed by atoms with E-state index in [4.69, 9.17) is 19.6 Å². The summed E-state index contributed by atoms with van der Waals surface area (Å²) in [6, 6.07) is 11.2. The van der Waals surface area contributed by atoms with Crippen molar-refractivity contribution in [3.8, 4) is 11.5 Å². The van der Waals surface area contributed by atoms with Gasteiger partial charge in [-0.3, -0.25) is 0 Å². The quantitative estimate of drug-likeness (QED) is 0.882. The zero-order chi connectivity index (χ0) is 13.0. The van der Waals surface area contributed by atoms with Gasteiger partial charge < -0.3 is 19.6 Å². The second-order valence-electron chi connectivity index (χ2n) is 3.97. The molecule has 96 valence electrons. The summed E-state index contributed by atoms with van der Waals surface area (Å²) >= 11 is 0. The first kappa shape index (κ1) is 12.5.